The average Bonchev–Trinajstić information content (AvgIpc) is 3.24. The van der Waals surface area contributed by atoms with E-state index in [1.165, 1.54) is 54.6 Å². The Hall–Kier alpha value is -1.57. The highest BCUT2D eigenvalue weighted by Crippen LogP contribution is 2.41. The van der Waals surface area contributed by atoms with Crippen molar-refractivity contribution >= 4 is 33.3 Å². The van der Waals surface area contributed by atoms with Gasteiger partial charge in [-0.3, -0.25) is 0 Å². The van der Waals surface area contributed by atoms with Crippen molar-refractivity contribution in [3.05, 3.63) is 34.2 Å². The molecule has 28 heavy (non-hydrogen) atoms. The number of thiophene rings is 1. The molecule has 2 aliphatic rings. The molecule has 1 N–H and O–H groups in total. The van der Waals surface area contributed by atoms with Crippen LogP contribution in [0, 0.1) is 12.8 Å². The minimum absolute atomic E-state index is 0.781. The summed E-state index contributed by atoms with van der Waals surface area (Å²) >= 11 is 3.48. The maximum atomic E-state index is 5.05. The second-order valence-corrected chi connectivity index (χ2v) is 10.2. The maximum absolute atomic E-state index is 5.05. The summed E-state index contributed by atoms with van der Waals surface area (Å²) < 4.78 is 0. The molecular formula is C21H26N5S2+. The van der Waals surface area contributed by atoms with E-state index in [0.29, 0.717) is 0 Å². The Kier molecular flexibility index (Phi) is 5.07. The number of nitrogens with zero attached hydrogens (tertiary/aromatic N) is 4. The highest BCUT2D eigenvalue weighted by molar-refractivity contribution is 7.99. The minimum atomic E-state index is 0.781. The van der Waals surface area contributed by atoms with Gasteiger partial charge in [0.2, 0.25) is 0 Å². The fourth-order valence-electron chi connectivity index (χ4n) is 4.29. The first-order valence-corrected chi connectivity index (χ1v) is 11.9. The number of aromatic nitrogens is 4. The maximum Gasteiger partial charge on any atom is 0.194 e. The van der Waals surface area contributed by atoms with Crippen LogP contribution in [-0.2, 0) is 19.4 Å². The summed E-state index contributed by atoms with van der Waals surface area (Å²) in [5.41, 5.74) is 2.46. The van der Waals surface area contributed by atoms with Crippen LogP contribution in [0.4, 0.5) is 0 Å². The number of aryl methyl sites for hydroxylation is 3. The van der Waals surface area contributed by atoms with Crippen molar-refractivity contribution in [1.29, 1.82) is 0 Å². The van der Waals surface area contributed by atoms with Crippen LogP contribution in [0.3, 0.4) is 0 Å². The van der Waals surface area contributed by atoms with E-state index in [4.69, 9.17) is 9.97 Å². The van der Waals surface area contributed by atoms with Crippen LogP contribution in [0.2, 0.25) is 0 Å². The van der Waals surface area contributed by atoms with Gasteiger partial charge in [-0.05, 0) is 68.3 Å². The standard InChI is InChI=1S/C21H25N5S2/c1-13-7-10-26(11-8-13)12-17-24-19-18(15-4-3-5-16(15)27-19)20(25-17)28-21-22-9-6-14(2)23-21/h6,9,13H,3-5,7-8,10-12H2,1-2H3/p+1. The van der Waals surface area contributed by atoms with Crippen molar-refractivity contribution in [3.8, 4) is 0 Å². The zero-order valence-electron chi connectivity index (χ0n) is 16.5. The van der Waals surface area contributed by atoms with Crippen LogP contribution in [0.1, 0.15) is 48.1 Å². The van der Waals surface area contributed by atoms with Crippen molar-refractivity contribution in [1.82, 2.24) is 19.9 Å². The van der Waals surface area contributed by atoms with E-state index >= 15 is 0 Å². The van der Waals surface area contributed by atoms with Crippen LogP contribution in [0.15, 0.2) is 22.4 Å². The number of rotatable bonds is 4. The van der Waals surface area contributed by atoms with Crippen molar-refractivity contribution < 1.29 is 4.90 Å². The van der Waals surface area contributed by atoms with Gasteiger partial charge in [0.05, 0.1) is 13.1 Å². The number of quaternary nitrogens is 1. The molecule has 0 amide bonds. The normalized spacial score (nSPS) is 21.9. The summed E-state index contributed by atoms with van der Waals surface area (Å²) in [6.07, 6.45) is 8.04. The topological polar surface area (TPSA) is 56.0 Å². The van der Waals surface area contributed by atoms with Gasteiger partial charge >= 0.3 is 0 Å². The van der Waals surface area contributed by atoms with Crippen LogP contribution in [-0.4, -0.2) is 33.0 Å². The number of piperidine rings is 1. The molecule has 1 aliphatic heterocycles. The number of hydrogen-bond acceptors (Lipinski definition) is 6. The quantitative estimate of drug-likeness (QED) is 0.527. The average molecular weight is 413 g/mol. The van der Waals surface area contributed by atoms with Crippen molar-refractivity contribution in [2.45, 2.75) is 62.7 Å². The van der Waals surface area contributed by atoms with Crippen LogP contribution < -0.4 is 4.90 Å². The van der Waals surface area contributed by atoms with Crippen LogP contribution in [0.25, 0.3) is 10.2 Å². The first kappa shape index (κ1) is 18.5. The van der Waals surface area contributed by atoms with Crippen molar-refractivity contribution in [2.24, 2.45) is 5.92 Å². The molecular weight excluding hydrogens is 386 g/mol. The Balaban J connectivity index is 1.51. The lowest BCUT2D eigenvalue weighted by molar-refractivity contribution is -0.920. The molecule has 0 radical (unpaired) electrons. The highest BCUT2D eigenvalue weighted by atomic mass is 32.2. The molecule has 4 heterocycles. The first-order chi connectivity index (χ1) is 13.7. The number of nitrogens with one attached hydrogen (secondary N) is 1. The molecule has 1 fully saturated rings. The lowest BCUT2D eigenvalue weighted by Gasteiger charge is -2.26. The molecule has 0 saturated carbocycles. The summed E-state index contributed by atoms with van der Waals surface area (Å²) in [5.74, 6) is 1.84. The van der Waals surface area contributed by atoms with E-state index in [1.807, 2.05) is 30.5 Å². The molecule has 0 unspecified atom stereocenters. The van der Waals surface area contributed by atoms with Crippen molar-refractivity contribution in [3.63, 3.8) is 0 Å². The first-order valence-electron chi connectivity index (χ1n) is 10.3. The molecule has 7 heteroatoms. The lowest BCUT2D eigenvalue weighted by atomic mass is 9.99. The van der Waals surface area contributed by atoms with Crippen LogP contribution in [0.5, 0.6) is 0 Å². The molecule has 5 nitrogen and oxygen atoms in total. The molecule has 146 valence electrons. The van der Waals surface area contributed by atoms with E-state index in [9.17, 15) is 0 Å². The van der Waals surface area contributed by atoms with Gasteiger partial charge in [0.25, 0.3) is 0 Å². The Labute approximate surface area is 174 Å². The second kappa shape index (κ2) is 7.69. The molecule has 0 aromatic carbocycles. The van der Waals surface area contributed by atoms with Gasteiger partial charge in [-0.1, -0.05) is 6.92 Å². The number of hydrogen-bond donors (Lipinski definition) is 1. The van der Waals surface area contributed by atoms with E-state index in [1.54, 1.807) is 16.7 Å². The van der Waals surface area contributed by atoms with E-state index < -0.39 is 0 Å². The predicted octanol–water partition coefficient (Wildman–Crippen LogP) is 3.24. The molecule has 1 saturated heterocycles. The van der Waals surface area contributed by atoms with Crippen LogP contribution >= 0.6 is 23.1 Å². The van der Waals surface area contributed by atoms with Gasteiger partial charge in [-0.15, -0.1) is 11.3 Å². The number of fused-ring (bicyclic) bond motifs is 3. The summed E-state index contributed by atoms with van der Waals surface area (Å²) in [5, 5.41) is 3.09. The molecule has 3 aromatic rings. The van der Waals surface area contributed by atoms with Gasteiger partial charge in [0.1, 0.15) is 16.4 Å². The fourth-order valence-corrected chi connectivity index (χ4v) is 6.58. The summed E-state index contributed by atoms with van der Waals surface area (Å²) in [7, 11) is 0. The zero-order valence-corrected chi connectivity index (χ0v) is 18.1. The molecule has 0 spiro atoms. The third-order valence-corrected chi connectivity index (χ3v) is 7.98. The SMILES string of the molecule is Cc1ccnc(Sc2nc(C[NH+]3CCC(C)CC3)nc3sc4c(c23)CCC4)n1. The molecule has 1 aliphatic carbocycles. The molecule has 0 atom stereocenters. The Morgan fingerprint density at radius 3 is 2.86 bits per heavy atom. The lowest BCUT2D eigenvalue weighted by Crippen LogP contribution is -3.11. The second-order valence-electron chi connectivity index (χ2n) is 8.17. The van der Waals surface area contributed by atoms with E-state index in [-0.39, 0.29) is 0 Å². The Bertz CT molecular complexity index is 1010. The number of likely N-dealkylation sites (tertiary alicyclic amines) is 1. The van der Waals surface area contributed by atoms with Crippen molar-refractivity contribution in [2.75, 3.05) is 13.1 Å². The van der Waals surface area contributed by atoms with Gasteiger partial charge in [0, 0.05) is 22.2 Å². The van der Waals surface area contributed by atoms with E-state index in [0.717, 1.165) is 45.4 Å². The summed E-state index contributed by atoms with van der Waals surface area (Å²) in [6.45, 7) is 7.76. The van der Waals surface area contributed by atoms with Gasteiger partial charge in [-0.25, -0.2) is 19.9 Å². The minimum Gasteiger partial charge on any atom is -0.329 e. The summed E-state index contributed by atoms with van der Waals surface area (Å²) in [6, 6.07) is 1.94. The third-order valence-electron chi connectivity index (χ3n) is 5.93. The monoisotopic (exact) mass is 412 g/mol. The molecule has 5 rings (SSSR count). The molecule has 3 aromatic heterocycles. The largest absolute Gasteiger partial charge is 0.329 e. The molecule has 0 bridgehead atoms. The van der Waals surface area contributed by atoms with Gasteiger partial charge in [-0.2, -0.15) is 0 Å². The van der Waals surface area contributed by atoms with Gasteiger partial charge in [0.15, 0.2) is 11.0 Å². The zero-order chi connectivity index (χ0) is 19.1. The van der Waals surface area contributed by atoms with Gasteiger partial charge < -0.3 is 4.90 Å². The highest BCUT2D eigenvalue weighted by Gasteiger charge is 2.25. The Morgan fingerprint density at radius 1 is 1.18 bits per heavy atom. The smallest absolute Gasteiger partial charge is 0.194 e. The fraction of sp³-hybridized carbons (Fsp3) is 0.524. The Morgan fingerprint density at radius 2 is 2.04 bits per heavy atom. The summed E-state index contributed by atoms with van der Waals surface area (Å²) in [4.78, 5) is 23.4. The van der Waals surface area contributed by atoms with E-state index in [2.05, 4.69) is 16.9 Å². The third kappa shape index (κ3) is 3.67. The predicted molar refractivity (Wildman–Crippen MR) is 113 cm³/mol.